The van der Waals surface area contributed by atoms with Gasteiger partial charge in [-0.1, -0.05) is 6.07 Å². The Balaban J connectivity index is 1.65. The van der Waals surface area contributed by atoms with Crippen LogP contribution in [0.2, 0.25) is 0 Å². The van der Waals surface area contributed by atoms with Crippen molar-refractivity contribution in [3.63, 3.8) is 0 Å². The second kappa shape index (κ2) is 13.9. The second-order valence-corrected chi connectivity index (χ2v) is 8.70. The molecule has 0 aromatic heterocycles. The van der Waals surface area contributed by atoms with Crippen LogP contribution in [0.15, 0.2) is 52.8 Å². The van der Waals surface area contributed by atoms with E-state index in [9.17, 15) is 19.5 Å². The second-order valence-electron chi connectivity index (χ2n) is 8.70. The summed E-state index contributed by atoms with van der Waals surface area (Å²) >= 11 is 0. The number of esters is 1. The molecule has 0 unspecified atom stereocenters. The molecular formula is C28H35N5O7. The lowest BCUT2D eigenvalue weighted by Crippen LogP contribution is -2.45. The minimum absolute atomic E-state index is 0.0459. The van der Waals surface area contributed by atoms with Gasteiger partial charge in [-0.25, -0.2) is 15.0 Å². The summed E-state index contributed by atoms with van der Waals surface area (Å²) in [7, 11) is 1.43. The van der Waals surface area contributed by atoms with Crippen molar-refractivity contribution in [1.82, 2.24) is 16.1 Å². The molecule has 0 radical (unpaired) electrons. The number of hydrogen-bond donors (Lipinski definition) is 4. The van der Waals surface area contributed by atoms with Crippen molar-refractivity contribution in [3.8, 4) is 17.2 Å². The van der Waals surface area contributed by atoms with Crippen LogP contribution in [0.5, 0.6) is 17.2 Å². The average molecular weight is 554 g/mol. The van der Waals surface area contributed by atoms with Crippen LogP contribution in [0.4, 0.5) is 10.5 Å². The number of methoxy groups -OCH3 is 1. The molecule has 0 spiro atoms. The highest BCUT2D eigenvalue weighted by Gasteiger charge is 2.32. The number of nitrogens with zero attached hydrogens (tertiary/aromatic N) is 2. The van der Waals surface area contributed by atoms with Gasteiger partial charge < -0.3 is 34.9 Å². The smallest absolute Gasteiger partial charge is 0.338 e. The van der Waals surface area contributed by atoms with Crippen molar-refractivity contribution in [3.05, 3.63) is 58.8 Å². The fourth-order valence-corrected chi connectivity index (χ4v) is 4.18. The molecule has 0 saturated heterocycles. The first-order valence-corrected chi connectivity index (χ1v) is 12.9. The number of phenolic OH excluding ortho intramolecular Hbond substituents is 1. The van der Waals surface area contributed by atoms with Crippen LogP contribution in [0, 0.1) is 0 Å². The van der Waals surface area contributed by atoms with Gasteiger partial charge in [0.25, 0.3) is 5.91 Å². The molecule has 1 atom stereocenters. The Hall–Kier alpha value is -4.74. The largest absolute Gasteiger partial charge is 0.507 e. The van der Waals surface area contributed by atoms with E-state index in [2.05, 4.69) is 26.1 Å². The zero-order valence-corrected chi connectivity index (χ0v) is 23.2. The van der Waals surface area contributed by atoms with E-state index in [1.807, 2.05) is 19.9 Å². The third-order valence-corrected chi connectivity index (χ3v) is 6.18. The number of hydrogen-bond acceptors (Lipinski definition) is 9. The van der Waals surface area contributed by atoms with Crippen LogP contribution in [-0.2, 0) is 14.3 Å². The number of rotatable bonds is 12. The predicted octanol–water partition coefficient (Wildman–Crippen LogP) is 2.97. The number of nitrogens with one attached hydrogen (secondary N) is 3. The van der Waals surface area contributed by atoms with E-state index in [0.717, 1.165) is 18.8 Å². The zero-order valence-electron chi connectivity index (χ0n) is 23.2. The summed E-state index contributed by atoms with van der Waals surface area (Å²) in [6.07, 6.45) is 1.35. The fourth-order valence-electron chi connectivity index (χ4n) is 4.18. The lowest BCUT2D eigenvalue weighted by atomic mass is 9.95. The van der Waals surface area contributed by atoms with Crippen molar-refractivity contribution in [2.45, 2.75) is 33.7 Å². The monoisotopic (exact) mass is 553 g/mol. The lowest BCUT2D eigenvalue weighted by molar-refractivity contribution is -0.139. The van der Waals surface area contributed by atoms with Crippen molar-refractivity contribution in [2.24, 2.45) is 5.10 Å². The Morgan fingerprint density at radius 2 is 1.88 bits per heavy atom. The summed E-state index contributed by atoms with van der Waals surface area (Å²) in [5, 5.41) is 19.5. The topological polar surface area (TPSA) is 151 Å². The molecule has 214 valence electrons. The third kappa shape index (κ3) is 7.22. The van der Waals surface area contributed by atoms with Crippen molar-refractivity contribution < 1.29 is 33.7 Å². The summed E-state index contributed by atoms with van der Waals surface area (Å²) in [4.78, 5) is 39.1. The standard InChI is InChI=1S/C28H35N5O7/c1-6-33(7-2)20-11-9-19(21(34)14-20)15-29-32-24(35)16-40-22-12-10-18(13-23(22)38-5)26-25(27(36)39-8-3)17(4)30-28(37)31-26/h9-15,26,34H,6-8,16H2,1-5H3,(H,32,35)(H2,30,31,37)/b29-15-/t26-/m1/s1. The van der Waals surface area contributed by atoms with Crippen molar-refractivity contribution in [1.29, 1.82) is 0 Å². The van der Waals surface area contributed by atoms with Crippen molar-refractivity contribution in [2.75, 3.05) is 38.3 Å². The molecule has 0 aliphatic carbocycles. The Bertz CT molecular complexity index is 1300. The quantitative estimate of drug-likeness (QED) is 0.178. The average Bonchev–Trinajstić information content (AvgIpc) is 2.93. The maximum atomic E-state index is 12.6. The number of ether oxygens (including phenoxy) is 3. The van der Waals surface area contributed by atoms with Gasteiger partial charge in [-0.05, 0) is 57.5 Å². The van der Waals surface area contributed by atoms with Gasteiger partial charge in [-0.2, -0.15) is 5.10 Å². The molecule has 1 aliphatic heterocycles. The molecule has 4 N–H and O–H groups in total. The Morgan fingerprint density at radius 1 is 1.12 bits per heavy atom. The van der Waals surface area contributed by atoms with Gasteiger partial charge in [0.2, 0.25) is 0 Å². The van der Waals surface area contributed by atoms with Crippen LogP contribution in [0.1, 0.15) is 44.9 Å². The predicted molar refractivity (Wildman–Crippen MR) is 150 cm³/mol. The number of carbonyl (C=O) groups excluding carboxylic acids is 3. The lowest BCUT2D eigenvalue weighted by Gasteiger charge is -2.28. The van der Waals surface area contributed by atoms with Gasteiger partial charge >= 0.3 is 12.0 Å². The Morgan fingerprint density at radius 3 is 2.52 bits per heavy atom. The molecular weight excluding hydrogens is 518 g/mol. The molecule has 0 fully saturated rings. The van der Waals surface area contributed by atoms with Gasteiger partial charge in [0.05, 0.1) is 31.5 Å². The number of urea groups is 1. The van der Waals surface area contributed by atoms with Crippen LogP contribution < -0.4 is 30.4 Å². The maximum absolute atomic E-state index is 12.6. The summed E-state index contributed by atoms with van der Waals surface area (Å²) in [6, 6.07) is 8.85. The minimum Gasteiger partial charge on any atom is -0.507 e. The van der Waals surface area contributed by atoms with Gasteiger partial charge in [0.15, 0.2) is 18.1 Å². The van der Waals surface area contributed by atoms with Crippen LogP contribution >= 0.6 is 0 Å². The highest BCUT2D eigenvalue weighted by atomic mass is 16.5. The first-order valence-electron chi connectivity index (χ1n) is 12.9. The number of carbonyl (C=O) groups is 3. The molecule has 0 saturated carbocycles. The SMILES string of the molecule is CCOC(=O)C1=C(C)NC(=O)N[C@@H]1c1ccc(OCC(=O)N/N=C\c2ccc(N(CC)CC)cc2O)c(OC)c1. The zero-order chi connectivity index (χ0) is 29.2. The molecule has 3 rings (SSSR count). The highest BCUT2D eigenvalue weighted by Crippen LogP contribution is 2.34. The van der Waals surface area contributed by atoms with E-state index in [1.54, 1.807) is 44.2 Å². The number of hydrazone groups is 1. The third-order valence-electron chi connectivity index (χ3n) is 6.18. The number of amides is 3. The van der Waals surface area contributed by atoms with Gasteiger partial charge in [0, 0.05) is 36.1 Å². The number of allylic oxidation sites excluding steroid dienone is 1. The van der Waals surface area contributed by atoms with E-state index in [1.165, 1.54) is 13.3 Å². The number of phenols is 1. The van der Waals surface area contributed by atoms with Gasteiger partial charge in [-0.15, -0.1) is 0 Å². The molecule has 1 heterocycles. The fraction of sp³-hybridized carbons (Fsp3) is 0.357. The summed E-state index contributed by atoms with van der Waals surface area (Å²) < 4.78 is 16.2. The molecule has 2 aromatic carbocycles. The Kier molecular flexibility index (Phi) is 10.3. The maximum Gasteiger partial charge on any atom is 0.338 e. The van der Waals surface area contributed by atoms with E-state index in [0.29, 0.717) is 22.6 Å². The van der Waals surface area contributed by atoms with E-state index < -0.39 is 23.9 Å². The van der Waals surface area contributed by atoms with Gasteiger partial charge in [-0.3, -0.25) is 4.79 Å². The van der Waals surface area contributed by atoms with E-state index >= 15 is 0 Å². The molecule has 40 heavy (non-hydrogen) atoms. The first kappa shape index (κ1) is 29.8. The first-order chi connectivity index (χ1) is 19.2. The molecule has 2 aromatic rings. The summed E-state index contributed by atoms with van der Waals surface area (Å²) in [5.41, 5.74) is 4.91. The van der Waals surface area contributed by atoms with Crippen LogP contribution in [0.3, 0.4) is 0 Å². The molecule has 12 heteroatoms. The number of anilines is 1. The normalized spacial score (nSPS) is 14.8. The van der Waals surface area contributed by atoms with Crippen molar-refractivity contribution >= 4 is 29.8 Å². The van der Waals surface area contributed by atoms with Gasteiger partial charge in [0.1, 0.15) is 5.75 Å². The Labute approximate surface area is 233 Å². The summed E-state index contributed by atoms with van der Waals surface area (Å²) in [6.45, 7) is 8.83. The number of benzene rings is 2. The summed E-state index contributed by atoms with van der Waals surface area (Å²) in [5.74, 6) is -0.475. The molecule has 0 bridgehead atoms. The highest BCUT2D eigenvalue weighted by molar-refractivity contribution is 5.95. The van der Waals surface area contributed by atoms with Crippen LogP contribution in [-0.4, -0.2) is 62.6 Å². The van der Waals surface area contributed by atoms with E-state index in [4.69, 9.17) is 14.2 Å². The van der Waals surface area contributed by atoms with Crippen LogP contribution in [0.25, 0.3) is 0 Å². The molecule has 3 amide bonds. The molecule has 1 aliphatic rings. The number of aromatic hydroxyl groups is 1. The molecule has 12 nitrogen and oxygen atoms in total. The van der Waals surface area contributed by atoms with E-state index in [-0.39, 0.29) is 30.3 Å². The minimum atomic E-state index is -0.772.